The number of carbonyl (C=O) groups excluding carboxylic acids is 1. The third-order valence-electron chi connectivity index (χ3n) is 6.03. The van der Waals surface area contributed by atoms with Crippen molar-refractivity contribution in [3.8, 4) is 16.9 Å². The van der Waals surface area contributed by atoms with Gasteiger partial charge < -0.3 is 20.5 Å². The van der Waals surface area contributed by atoms with Crippen LogP contribution in [0.1, 0.15) is 48.5 Å². The largest absolute Gasteiger partial charge is 0.491 e. The lowest BCUT2D eigenvalue weighted by Crippen LogP contribution is -2.27. The number of unbranched alkanes of at least 4 members (excludes halogenated alkanes) is 1. The predicted octanol–water partition coefficient (Wildman–Crippen LogP) is 6.90. The van der Waals surface area contributed by atoms with Gasteiger partial charge in [-0.15, -0.1) is 0 Å². The van der Waals surface area contributed by atoms with Gasteiger partial charge in [0.2, 0.25) is 0 Å². The quantitative estimate of drug-likeness (QED) is 0.197. The van der Waals surface area contributed by atoms with Crippen LogP contribution in [-0.2, 0) is 11.0 Å². The molecule has 0 radical (unpaired) electrons. The number of hydrogen-bond acceptors (Lipinski definition) is 4. The summed E-state index contributed by atoms with van der Waals surface area (Å²) >= 11 is 0. The van der Waals surface area contributed by atoms with Gasteiger partial charge in [-0.2, -0.15) is 13.2 Å². The van der Waals surface area contributed by atoms with Gasteiger partial charge in [0.05, 0.1) is 18.0 Å². The number of nitrogens with one attached hydrogen (secondary N) is 2. The van der Waals surface area contributed by atoms with E-state index >= 15 is 0 Å². The van der Waals surface area contributed by atoms with E-state index in [2.05, 4.69) is 10.6 Å². The van der Waals surface area contributed by atoms with E-state index in [-0.39, 0.29) is 48.4 Å². The second kappa shape index (κ2) is 13.8. The van der Waals surface area contributed by atoms with Gasteiger partial charge in [0, 0.05) is 35.0 Å². The standard InChI is InChI=1S/C29H29F5N2O4/c1-2-3-4-21(36-20-8-5-18(6-9-20)28(39)35-14-13-27(37)38)17-40-22-10-12-24(26(31)16-22)23-11-7-19(15-25(23)30)29(32,33)34/h5-12,15-16,21,36H,2-4,13-14,17H2,1H3,(H,35,39)(H,37,38)/t21-/m0/s1. The summed E-state index contributed by atoms with van der Waals surface area (Å²) in [6.07, 6.45) is -2.35. The fraction of sp³-hybridized carbons (Fsp3) is 0.310. The van der Waals surface area contributed by atoms with E-state index in [0.717, 1.165) is 31.4 Å². The minimum Gasteiger partial charge on any atom is -0.491 e. The Hall–Kier alpha value is -4.15. The van der Waals surface area contributed by atoms with Crippen molar-refractivity contribution in [3.63, 3.8) is 0 Å². The van der Waals surface area contributed by atoms with E-state index in [1.54, 1.807) is 24.3 Å². The van der Waals surface area contributed by atoms with Gasteiger partial charge in [-0.25, -0.2) is 8.78 Å². The Bertz CT molecular complexity index is 1310. The number of hydrogen-bond donors (Lipinski definition) is 3. The van der Waals surface area contributed by atoms with E-state index in [1.165, 1.54) is 12.1 Å². The molecule has 6 nitrogen and oxygen atoms in total. The number of amides is 1. The van der Waals surface area contributed by atoms with Crippen LogP contribution in [0.2, 0.25) is 0 Å². The molecular formula is C29H29F5N2O4. The first kappa shape index (κ1) is 30.4. The minimum atomic E-state index is -4.71. The van der Waals surface area contributed by atoms with Gasteiger partial charge >= 0.3 is 12.1 Å². The maximum Gasteiger partial charge on any atom is 0.416 e. The molecule has 40 heavy (non-hydrogen) atoms. The lowest BCUT2D eigenvalue weighted by Gasteiger charge is -2.21. The maximum atomic E-state index is 14.8. The van der Waals surface area contributed by atoms with Crippen molar-refractivity contribution in [1.82, 2.24) is 5.32 Å². The molecule has 3 aromatic rings. The van der Waals surface area contributed by atoms with Crippen molar-refractivity contribution in [2.24, 2.45) is 0 Å². The highest BCUT2D eigenvalue weighted by Gasteiger charge is 2.31. The van der Waals surface area contributed by atoms with Crippen molar-refractivity contribution in [3.05, 3.63) is 83.4 Å². The van der Waals surface area contributed by atoms with Gasteiger partial charge in [-0.05, 0) is 55.0 Å². The lowest BCUT2D eigenvalue weighted by atomic mass is 10.0. The Morgan fingerprint density at radius 1 is 0.950 bits per heavy atom. The molecule has 0 aliphatic carbocycles. The molecule has 3 rings (SSSR count). The molecule has 3 aromatic carbocycles. The fourth-order valence-corrected chi connectivity index (χ4v) is 3.90. The number of carbonyl (C=O) groups is 2. The van der Waals surface area contributed by atoms with Gasteiger partial charge in [0.1, 0.15) is 24.0 Å². The van der Waals surface area contributed by atoms with Crippen molar-refractivity contribution < 1.29 is 41.4 Å². The van der Waals surface area contributed by atoms with Crippen LogP contribution in [-0.4, -0.2) is 36.2 Å². The summed E-state index contributed by atoms with van der Waals surface area (Å²) in [5.74, 6) is -3.25. The number of benzene rings is 3. The molecule has 0 unspecified atom stereocenters. The van der Waals surface area contributed by atoms with Crippen LogP contribution >= 0.6 is 0 Å². The lowest BCUT2D eigenvalue weighted by molar-refractivity contribution is -0.138. The number of anilines is 1. The van der Waals surface area contributed by atoms with Crippen molar-refractivity contribution in [2.75, 3.05) is 18.5 Å². The van der Waals surface area contributed by atoms with Gasteiger partial charge in [-0.3, -0.25) is 9.59 Å². The maximum absolute atomic E-state index is 14.8. The Kier molecular flexibility index (Phi) is 10.5. The highest BCUT2D eigenvalue weighted by atomic mass is 19.4. The average Bonchev–Trinajstić information content (AvgIpc) is 2.90. The molecule has 1 atom stereocenters. The van der Waals surface area contributed by atoms with Crippen LogP contribution in [0.4, 0.5) is 27.6 Å². The summed E-state index contributed by atoms with van der Waals surface area (Å²) in [6.45, 7) is 2.21. The number of ether oxygens (including phenoxy) is 1. The van der Waals surface area contributed by atoms with Crippen LogP contribution in [0.3, 0.4) is 0 Å². The van der Waals surface area contributed by atoms with E-state index in [4.69, 9.17) is 9.84 Å². The number of aliphatic carboxylic acids is 1. The Labute approximate surface area is 228 Å². The molecule has 11 heteroatoms. The molecule has 0 saturated carbocycles. The van der Waals surface area contributed by atoms with E-state index in [9.17, 15) is 31.5 Å². The summed E-state index contributed by atoms with van der Waals surface area (Å²) in [5, 5.41) is 14.5. The monoisotopic (exact) mass is 564 g/mol. The topological polar surface area (TPSA) is 87.7 Å². The summed E-state index contributed by atoms with van der Waals surface area (Å²) in [7, 11) is 0. The molecule has 1 amide bonds. The first-order chi connectivity index (χ1) is 19.0. The van der Waals surface area contributed by atoms with Gasteiger partial charge in [-0.1, -0.05) is 25.8 Å². The number of carboxylic acid groups (broad SMARTS) is 1. The summed E-state index contributed by atoms with van der Waals surface area (Å²) in [4.78, 5) is 22.7. The molecule has 0 saturated heterocycles. The third-order valence-corrected chi connectivity index (χ3v) is 6.03. The third kappa shape index (κ3) is 8.69. The van der Waals surface area contributed by atoms with Crippen LogP contribution in [0.15, 0.2) is 60.7 Å². The van der Waals surface area contributed by atoms with Crippen LogP contribution < -0.4 is 15.4 Å². The molecule has 0 fully saturated rings. The zero-order valence-electron chi connectivity index (χ0n) is 21.7. The second-order valence-electron chi connectivity index (χ2n) is 9.11. The molecule has 214 valence electrons. The Morgan fingerprint density at radius 3 is 2.17 bits per heavy atom. The van der Waals surface area contributed by atoms with E-state index in [0.29, 0.717) is 23.4 Å². The highest BCUT2D eigenvalue weighted by Crippen LogP contribution is 2.34. The van der Waals surface area contributed by atoms with Crippen LogP contribution in [0.5, 0.6) is 5.75 Å². The number of alkyl halides is 3. The zero-order chi connectivity index (χ0) is 29.3. The van der Waals surface area contributed by atoms with Crippen molar-refractivity contribution >= 4 is 17.6 Å². The van der Waals surface area contributed by atoms with Crippen LogP contribution in [0, 0.1) is 11.6 Å². The number of rotatable bonds is 13. The Balaban J connectivity index is 1.64. The van der Waals surface area contributed by atoms with Crippen molar-refractivity contribution in [1.29, 1.82) is 0 Å². The smallest absolute Gasteiger partial charge is 0.416 e. The number of carboxylic acids is 1. The molecule has 0 bridgehead atoms. The number of halogens is 5. The molecule has 0 aromatic heterocycles. The zero-order valence-corrected chi connectivity index (χ0v) is 21.7. The molecule has 0 aliphatic heterocycles. The molecule has 0 aliphatic rings. The van der Waals surface area contributed by atoms with Crippen LogP contribution in [0.25, 0.3) is 11.1 Å². The molecule has 0 heterocycles. The van der Waals surface area contributed by atoms with Gasteiger partial charge in [0.25, 0.3) is 5.91 Å². The summed E-state index contributed by atoms with van der Waals surface area (Å²) in [6, 6.07) is 12.1. The molecule has 0 spiro atoms. The van der Waals surface area contributed by atoms with Crippen molar-refractivity contribution in [2.45, 2.75) is 44.8 Å². The predicted molar refractivity (Wildman–Crippen MR) is 140 cm³/mol. The van der Waals surface area contributed by atoms with E-state index in [1.807, 2.05) is 6.92 Å². The highest BCUT2D eigenvalue weighted by molar-refractivity contribution is 5.94. The SMILES string of the molecule is CCCC[C@@H](COc1ccc(-c2ccc(C(F)(F)F)cc2F)c(F)c1)Nc1ccc(C(=O)NCCC(=O)O)cc1. The summed E-state index contributed by atoms with van der Waals surface area (Å²) < 4.78 is 73.4. The first-order valence-electron chi connectivity index (χ1n) is 12.6. The molecule has 3 N–H and O–H groups in total. The first-order valence-corrected chi connectivity index (χ1v) is 12.6. The molecular weight excluding hydrogens is 535 g/mol. The normalized spacial score (nSPS) is 12.1. The summed E-state index contributed by atoms with van der Waals surface area (Å²) in [5.41, 5.74) is -0.554. The fourth-order valence-electron chi connectivity index (χ4n) is 3.90. The van der Waals surface area contributed by atoms with E-state index < -0.39 is 29.3 Å². The Morgan fingerprint density at radius 2 is 1.60 bits per heavy atom. The van der Waals surface area contributed by atoms with Gasteiger partial charge in [0.15, 0.2) is 0 Å². The minimum absolute atomic E-state index is 0.0193. The second-order valence-corrected chi connectivity index (χ2v) is 9.11. The average molecular weight is 565 g/mol.